The zero-order chi connectivity index (χ0) is 14.5. The van der Waals surface area contributed by atoms with Crippen molar-refractivity contribution in [2.45, 2.75) is 58.5 Å². The van der Waals surface area contributed by atoms with E-state index in [1.807, 2.05) is 24.3 Å². The van der Waals surface area contributed by atoms with Crippen molar-refractivity contribution in [3.05, 3.63) is 35.4 Å². The highest BCUT2D eigenvalue weighted by Crippen LogP contribution is 2.26. The van der Waals surface area contributed by atoms with Crippen LogP contribution in [-0.2, 0) is 4.74 Å². The maximum atomic E-state index is 12.2. The third-order valence-corrected chi connectivity index (χ3v) is 4.36. The lowest BCUT2D eigenvalue weighted by atomic mass is 9.88. The van der Waals surface area contributed by atoms with Gasteiger partial charge in [-0.1, -0.05) is 57.9 Å². The van der Waals surface area contributed by atoms with E-state index >= 15 is 0 Å². The maximum Gasteiger partial charge on any atom is 0.188 e. The van der Waals surface area contributed by atoms with Gasteiger partial charge in [-0.25, -0.2) is 0 Å². The Balaban J connectivity index is 1.88. The molecule has 2 atom stereocenters. The van der Waals surface area contributed by atoms with Gasteiger partial charge in [-0.05, 0) is 30.2 Å². The minimum absolute atomic E-state index is 0.0954. The number of hydrogen-bond acceptors (Lipinski definition) is 2. The van der Waals surface area contributed by atoms with Crippen LogP contribution in [0.5, 0.6) is 0 Å². The van der Waals surface area contributed by atoms with Crippen molar-refractivity contribution >= 4 is 5.78 Å². The first kappa shape index (κ1) is 15.2. The first-order valence-corrected chi connectivity index (χ1v) is 7.82. The molecular formula is C18H26O2. The van der Waals surface area contributed by atoms with Crippen LogP contribution in [0.4, 0.5) is 0 Å². The van der Waals surface area contributed by atoms with Crippen LogP contribution < -0.4 is 0 Å². The Morgan fingerprint density at radius 3 is 2.45 bits per heavy atom. The molecule has 0 heterocycles. The van der Waals surface area contributed by atoms with Gasteiger partial charge in [-0.3, -0.25) is 4.79 Å². The van der Waals surface area contributed by atoms with E-state index in [4.69, 9.17) is 4.74 Å². The fourth-order valence-electron chi connectivity index (χ4n) is 2.85. The molecule has 1 fully saturated rings. The molecule has 2 rings (SSSR count). The summed E-state index contributed by atoms with van der Waals surface area (Å²) in [5, 5.41) is 0. The van der Waals surface area contributed by atoms with Crippen molar-refractivity contribution in [1.82, 2.24) is 0 Å². The fraction of sp³-hybridized carbons (Fsp3) is 0.611. The number of carbonyl (C=O) groups is 1. The van der Waals surface area contributed by atoms with Crippen molar-refractivity contribution in [3.8, 4) is 0 Å². The molecule has 0 N–H and O–H groups in total. The van der Waals surface area contributed by atoms with Gasteiger partial charge in [0.15, 0.2) is 5.78 Å². The number of ketones is 1. The van der Waals surface area contributed by atoms with E-state index in [9.17, 15) is 4.79 Å². The average Bonchev–Trinajstić information content (AvgIpc) is 2.46. The number of carbonyl (C=O) groups excluding carboxylic acids is 1. The molecule has 1 saturated carbocycles. The minimum Gasteiger partial charge on any atom is -0.370 e. The summed E-state index contributed by atoms with van der Waals surface area (Å²) >= 11 is 0. The van der Waals surface area contributed by atoms with E-state index in [1.54, 1.807) is 0 Å². The van der Waals surface area contributed by atoms with E-state index in [-0.39, 0.29) is 18.5 Å². The molecule has 0 aliphatic heterocycles. The highest BCUT2D eigenvalue weighted by Gasteiger charge is 2.22. The zero-order valence-corrected chi connectivity index (χ0v) is 12.9. The molecule has 2 nitrogen and oxygen atoms in total. The number of benzene rings is 1. The molecule has 2 heteroatoms. The van der Waals surface area contributed by atoms with E-state index in [1.165, 1.54) is 24.8 Å². The van der Waals surface area contributed by atoms with E-state index in [0.29, 0.717) is 11.8 Å². The SMILES string of the molecule is CC(C)c1ccc(C(=O)COC2CCCCC2C)cc1. The largest absolute Gasteiger partial charge is 0.370 e. The molecule has 110 valence electrons. The Morgan fingerprint density at radius 1 is 1.20 bits per heavy atom. The predicted octanol–water partition coefficient (Wildman–Crippen LogP) is 4.59. The third-order valence-electron chi connectivity index (χ3n) is 4.36. The summed E-state index contributed by atoms with van der Waals surface area (Å²) in [6.07, 6.45) is 5.11. The van der Waals surface area contributed by atoms with Gasteiger partial charge in [-0.2, -0.15) is 0 Å². The number of Topliss-reactive ketones (excluding diaryl/α,β-unsaturated/α-hetero) is 1. The lowest BCUT2D eigenvalue weighted by Crippen LogP contribution is -2.27. The van der Waals surface area contributed by atoms with Crippen molar-refractivity contribution in [3.63, 3.8) is 0 Å². The van der Waals surface area contributed by atoms with Gasteiger partial charge < -0.3 is 4.74 Å². The van der Waals surface area contributed by atoms with E-state index in [2.05, 4.69) is 20.8 Å². The fourth-order valence-corrected chi connectivity index (χ4v) is 2.85. The third kappa shape index (κ3) is 3.92. The van der Waals surface area contributed by atoms with Crippen LogP contribution in [0.25, 0.3) is 0 Å². The summed E-state index contributed by atoms with van der Waals surface area (Å²) in [6, 6.07) is 7.93. The molecule has 0 radical (unpaired) electrons. The van der Waals surface area contributed by atoms with Gasteiger partial charge >= 0.3 is 0 Å². The summed E-state index contributed by atoms with van der Waals surface area (Å²) in [7, 11) is 0. The molecule has 20 heavy (non-hydrogen) atoms. The average molecular weight is 274 g/mol. The van der Waals surface area contributed by atoms with Crippen LogP contribution in [0.1, 0.15) is 68.3 Å². The van der Waals surface area contributed by atoms with Crippen molar-refractivity contribution < 1.29 is 9.53 Å². The maximum absolute atomic E-state index is 12.2. The summed E-state index contributed by atoms with van der Waals surface area (Å²) in [4.78, 5) is 12.2. The highest BCUT2D eigenvalue weighted by atomic mass is 16.5. The summed E-state index contributed by atoms with van der Waals surface area (Å²) in [5.74, 6) is 1.18. The van der Waals surface area contributed by atoms with Crippen LogP contribution in [0.15, 0.2) is 24.3 Å². The smallest absolute Gasteiger partial charge is 0.188 e. The minimum atomic E-state index is 0.0954. The molecule has 0 aromatic heterocycles. The standard InChI is InChI=1S/C18H26O2/c1-13(2)15-8-10-16(11-9-15)17(19)12-20-18-7-5-4-6-14(18)3/h8-11,13-14,18H,4-7,12H2,1-3H3. The molecule has 1 aliphatic carbocycles. The Labute approximate surface area is 122 Å². The number of ether oxygens (including phenoxy) is 1. The van der Waals surface area contributed by atoms with Gasteiger partial charge in [0.05, 0.1) is 6.10 Å². The molecule has 0 amide bonds. The highest BCUT2D eigenvalue weighted by molar-refractivity contribution is 5.97. The molecule has 1 aliphatic rings. The zero-order valence-electron chi connectivity index (χ0n) is 12.9. The molecule has 0 spiro atoms. The monoisotopic (exact) mass is 274 g/mol. The van der Waals surface area contributed by atoms with Crippen LogP contribution in [0, 0.1) is 5.92 Å². The van der Waals surface area contributed by atoms with Gasteiger partial charge in [-0.15, -0.1) is 0 Å². The molecule has 0 saturated heterocycles. The molecule has 1 aromatic carbocycles. The van der Waals surface area contributed by atoms with Gasteiger partial charge in [0.25, 0.3) is 0 Å². The quantitative estimate of drug-likeness (QED) is 0.734. The van der Waals surface area contributed by atoms with E-state index < -0.39 is 0 Å². The first-order chi connectivity index (χ1) is 9.58. The summed E-state index contributed by atoms with van der Waals surface area (Å²) in [5.41, 5.74) is 2.03. The summed E-state index contributed by atoms with van der Waals surface area (Å²) in [6.45, 7) is 6.76. The Bertz CT molecular complexity index is 433. The number of hydrogen-bond donors (Lipinski definition) is 0. The first-order valence-electron chi connectivity index (χ1n) is 7.82. The molecule has 0 bridgehead atoms. The second-order valence-electron chi connectivity index (χ2n) is 6.31. The molecule has 1 aromatic rings. The predicted molar refractivity (Wildman–Crippen MR) is 82.2 cm³/mol. The lowest BCUT2D eigenvalue weighted by molar-refractivity contribution is 0.000749. The number of rotatable bonds is 5. The topological polar surface area (TPSA) is 26.3 Å². The van der Waals surface area contributed by atoms with Gasteiger partial charge in [0.1, 0.15) is 6.61 Å². The second-order valence-corrected chi connectivity index (χ2v) is 6.31. The second kappa shape index (κ2) is 7.03. The Hall–Kier alpha value is -1.15. The van der Waals surface area contributed by atoms with Crippen molar-refractivity contribution in [2.75, 3.05) is 6.61 Å². The molecule has 2 unspecified atom stereocenters. The Kier molecular flexibility index (Phi) is 5.36. The van der Waals surface area contributed by atoms with Crippen molar-refractivity contribution in [1.29, 1.82) is 0 Å². The summed E-state index contributed by atoms with van der Waals surface area (Å²) < 4.78 is 5.84. The van der Waals surface area contributed by atoms with E-state index in [0.717, 1.165) is 12.0 Å². The van der Waals surface area contributed by atoms with Crippen LogP contribution >= 0.6 is 0 Å². The Morgan fingerprint density at radius 2 is 1.85 bits per heavy atom. The van der Waals surface area contributed by atoms with Crippen LogP contribution in [-0.4, -0.2) is 18.5 Å². The van der Waals surface area contributed by atoms with Crippen molar-refractivity contribution in [2.24, 2.45) is 5.92 Å². The van der Waals surface area contributed by atoms with Gasteiger partial charge in [0.2, 0.25) is 0 Å². The van der Waals surface area contributed by atoms with Crippen LogP contribution in [0.2, 0.25) is 0 Å². The lowest BCUT2D eigenvalue weighted by Gasteiger charge is -2.28. The normalized spacial score (nSPS) is 23.0. The van der Waals surface area contributed by atoms with Crippen LogP contribution in [0.3, 0.4) is 0 Å². The van der Waals surface area contributed by atoms with Gasteiger partial charge in [0, 0.05) is 5.56 Å². The molecular weight excluding hydrogens is 248 g/mol.